The molecule has 3 nitrogen and oxygen atoms in total. The lowest BCUT2D eigenvalue weighted by Crippen LogP contribution is -1.92. The maximum Gasteiger partial charge on any atom is 0.170 e. The highest BCUT2D eigenvalue weighted by atomic mass is 35.5. The molecule has 2 N–H and O–H groups in total. The first-order chi connectivity index (χ1) is 8.60. The third-order valence-electron chi connectivity index (χ3n) is 2.30. The van der Waals surface area contributed by atoms with Crippen LogP contribution in [0, 0.1) is 0 Å². The van der Waals surface area contributed by atoms with E-state index >= 15 is 0 Å². The summed E-state index contributed by atoms with van der Waals surface area (Å²) in [5, 5.41) is 0.981. The van der Waals surface area contributed by atoms with Gasteiger partial charge in [-0.3, -0.25) is 0 Å². The van der Waals surface area contributed by atoms with Crippen LogP contribution in [0.25, 0.3) is 0 Å². The van der Waals surface area contributed by atoms with Gasteiger partial charge in [0.2, 0.25) is 0 Å². The van der Waals surface area contributed by atoms with Gasteiger partial charge >= 0.3 is 0 Å². The molecule has 0 radical (unpaired) electrons. The quantitative estimate of drug-likeness (QED) is 0.851. The van der Waals surface area contributed by atoms with Gasteiger partial charge in [0, 0.05) is 16.8 Å². The van der Waals surface area contributed by atoms with Crippen LogP contribution in [0.5, 0.6) is 17.2 Å². The van der Waals surface area contributed by atoms with Crippen LogP contribution in [-0.2, 0) is 0 Å². The largest absolute Gasteiger partial charge is 0.493 e. The van der Waals surface area contributed by atoms with Crippen molar-refractivity contribution in [3.05, 3.63) is 46.4 Å². The van der Waals surface area contributed by atoms with E-state index in [-0.39, 0.29) is 0 Å². The highest BCUT2D eigenvalue weighted by molar-refractivity contribution is 6.32. The van der Waals surface area contributed by atoms with Crippen molar-refractivity contribution < 1.29 is 9.47 Å². The second-order valence-electron chi connectivity index (χ2n) is 3.59. The number of anilines is 1. The Balaban J connectivity index is 2.36. The first kappa shape index (κ1) is 12.9. The minimum atomic E-state index is 0.428. The van der Waals surface area contributed by atoms with Crippen LogP contribution in [0.15, 0.2) is 36.4 Å². The molecule has 0 saturated heterocycles. The lowest BCUT2D eigenvalue weighted by atomic mass is 10.3. The molecule has 0 fully saturated rings. The Bertz CT molecular complexity index is 573. The van der Waals surface area contributed by atoms with E-state index in [4.69, 9.17) is 38.4 Å². The first-order valence-electron chi connectivity index (χ1n) is 5.16. The topological polar surface area (TPSA) is 44.5 Å². The minimum absolute atomic E-state index is 0.428. The molecule has 2 rings (SSSR count). The average Bonchev–Trinajstić information content (AvgIpc) is 2.33. The van der Waals surface area contributed by atoms with E-state index in [9.17, 15) is 0 Å². The van der Waals surface area contributed by atoms with Crippen molar-refractivity contribution in [3.8, 4) is 17.2 Å². The Kier molecular flexibility index (Phi) is 3.84. The highest BCUT2D eigenvalue weighted by Gasteiger charge is 2.09. The lowest BCUT2D eigenvalue weighted by Gasteiger charge is -2.11. The van der Waals surface area contributed by atoms with Gasteiger partial charge in [-0.25, -0.2) is 0 Å². The van der Waals surface area contributed by atoms with Gasteiger partial charge in [0.05, 0.1) is 12.1 Å². The molecule has 0 saturated carbocycles. The molecule has 18 heavy (non-hydrogen) atoms. The number of ether oxygens (including phenoxy) is 2. The van der Waals surface area contributed by atoms with E-state index in [0.29, 0.717) is 33.0 Å². The third kappa shape index (κ3) is 2.81. The van der Waals surface area contributed by atoms with Gasteiger partial charge in [-0.1, -0.05) is 23.2 Å². The van der Waals surface area contributed by atoms with E-state index in [1.54, 1.807) is 43.5 Å². The fraction of sp³-hybridized carbons (Fsp3) is 0.0769. The summed E-state index contributed by atoms with van der Waals surface area (Å²) in [4.78, 5) is 0. The summed E-state index contributed by atoms with van der Waals surface area (Å²) in [6.07, 6.45) is 0. The zero-order valence-electron chi connectivity index (χ0n) is 9.61. The van der Waals surface area contributed by atoms with Crippen molar-refractivity contribution in [1.82, 2.24) is 0 Å². The van der Waals surface area contributed by atoms with Gasteiger partial charge in [-0.05, 0) is 30.3 Å². The molecule has 0 spiro atoms. The number of rotatable bonds is 3. The smallest absolute Gasteiger partial charge is 0.170 e. The van der Waals surface area contributed by atoms with Crippen LogP contribution in [0.4, 0.5) is 5.69 Å². The average molecular weight is 284 g/mol. The highest BCUT2D eigenvalue weighted by Crippen LogP contribution is 2.37. The minimum Gasteiger partial charge on any atom is -0.493 e. The first-order valence-corrected chi connectivity index (χ1v) is 5.92. The number of hydrogen-bond acceptors (Lipinski definition) is 3. The van der Waals surface area contributed by atoms with Gasteiger partial charge in [0.1, 0.15) is 5.75 Å². The molecule has 0 atom stereocenters. The van der Waals surface area contributed by atoms with Crippen LogP contribution in [0.2, 0.25) is 10.0 Å². The standard InChI is InChI=1S/C13H11Cl2NO2/c1-17-12-4-2-8(14)6-13(12)18-11-5-3-9(16)7-10(11)15/h2-7H,16H2,1H3. The number of methoxy groups -OCH3 is 1. The Morgan fingerprint density at radius 2 is 1.67 bits per heavy atom. The number of hydrogen-bond donors (Lipinski definition) is 1. The monoisotopic (exact) mass is 283 g/mol. The molecular formula is C13H11Cl2NO2. The maximum absolute atomic E-state index is 6.04. The number of nitrogen functional groups attached to an aromatic ring is 1. The third-order valence-corrected chi connectivity index (χ3v) is 2.83. The summed E-state index contributed by atoms with van der Waals surface area (Å²) in [7, 11) is 1.56. The van der Waals surface area contributed by atoms with Crippen LogP contribution in [0.1, 0.15) is 0 Å². The molecule has 0 heterocycles. The molecule has 5 heteroatoms. The molecule has 94 valence electrons. The van der Waals surface area contributed by atoms with E-state index in [0.717, 1.165) is 0 Å². The Labute approximate surface area is 115 Å². The predicted octanol–water partition coefficient (Wildman–Crippen LogP) is 4.38. The van der Waals surface area contributed by atoms with Crippen LogP contribution in [0.3, 0.4) is 0 Å². The predicted molar refractivity (Wildman–Crippen MR) is 73.9 cm³/mol. The Morgan fingerprint density at radius 3 is 2.33 bits per heavy atom. The van der Waals surface area contributed by atoms with Crippen molar-refractivity contribution in [3.63, 3.8) is 0 Å². The molecule has 2 aromatic rings. The molecule has 0 bridgehead atoms. The normalized spacial score (nSPS) is 10.2. The fourth-order valence-electron chi connectivity index (χ4n) is 1.45. The van der Waals surface area contributed by atoms with Crippen LogP contribution in [-0.4, -0.2) is 7.11 Å². The summed E-state index contributed by atoms with van der Waals surface area (Å²) in [6.45, 7) is 0. The molecule has 0 aliphatic heterocycles. The SMILES string of the molecule is COc1ccc(Cl)cc1Oc1ccc(N)cc1Cl. The van der Waals surface area contributed by atoms with Gasteiger partial charge in [-0.15, -0.1) is 0 Å². The summed E-state index contributed by atoms with van der Waals surface area (Å²) in [5.74, 6) is 1.57. The van der Waals surface area contributed by atoms with E-state index in [1.165, 1.54) is 0 Å². The van der Waals surface area contributed by atoms with E-state index < -0.39 is 0 Å². The van der Waals surface area contributed by atoms with Crippen molar-refractivity contribution >= 4 is 28.9 Å². The lowest BCUT2D eigenvalue weighted by molar-refractivity contribution is 0.379. The summed E-state index contributed by atoms with van der Waals surface area (Å²) in [5.41, 5.74) is 6.19. The second kappa shape index (κ2) is 5.38. The molecule has 2 aromatic carbocycles. The van der Waals surface area contributed by atoms with Gasteiger partial charge in [-0.2, -0.15) is 0 Å². The summed E-state index contributed by atoms with van der Waals surface area (Å²) >= 11 is 12.0. The Morgan fingerprint density at radius 1 is 0.944 bits per heavy atom. The molecule has 0 unspecified atom stereocenters. The number of nitrogens with two attached hydrogens (primary N) is 1. The molecule has 0 aliphatic carbocycles. The fourth-order valence-corrected chi connectivity index (χ4v) is 1.84. The molecule has 0 aliphatic rings. The van der Waals surface area contributed by atoms with Gasteiger partial charge < -0.3 is 15.2 Å². The maximum atomic E-state index is 6.04. The van der Waals surface area contributed by atoms with E-state index in [2.05, 4.69) is 0 Å². The van der Waals surface area contributed by atoms with Crippen molar-refractivity contribution in [1.29, 1.82) is 0 Å². The second-order valence-corrected chi connectivity index (χ2v) is 4.43. The van der Waals surface area contributed by atoms with Gasteiger partial charge in [0.25, 0.3) is 0 Å². The van der Waals surface area contributed by atoms with E-state index in [1.807, 2.05) is 0 Å². The molecular weight excluding hydrogens is 273 g/mol. The van der Waals surface area contributed by atoms with Crippen molar-refractivity contribution in [2.24, 2.45) is 0 Å². The zero-order valence-corrected chi connectivity index (χ0v) is 11.1. The molecule has 0 amide bonds. The number of halogens is 2. The van der Waals surface area contributed by atoms with Crippen molar-refractivity contribution in [2.45, 2.75) is 0 Å². The summed E-state index contributed by atoms with van der Waals surface area (Å²) < 4.78 is 10.9. The Hall–Kier alpha value is -1.58. The molecule has 0 aromatic heterocycles. The zero-order chi connectivity index (χ0) is 13.1. The van der Waals surface area contributed by atoms with Gasteiger partial charge in [0.15, 0.2) is 11.5 Å². The summed E-state index contributed by atoms with van der Waals surface area (Å²) in [6, 6.07) is 10.1. The van der Waals surface area contributed by atoms with Crippen molar-refractivity contribution in [2.75, 3.05) is 12.8 Å². The number of benzene rings is 2. The van der Waals surface area contributed by atoms with Crippen LogP contribution < -0.4 is 15.2 Å². The van der Waals surface area contributed by atoms with Crippen LogP contribution >= 0.6 is 23.2 Å².